The normalized spacial score (nSPS) is 20.3. The van der Waals surface area contributed by atoms with Gasteiger partial charge in [0, 0.05) is 13.1 Å². The van der Waals surface area contributed by atoms with Crippen LogP contribution in [0.5, 0.6) is 11.5 Å². The number of benzene rings is 1. The van der Waals surface area contributed by atoms with Gasteiger partial charge in [-0.25, -0.2) is 0 Å². The molecule has 2 fully saturated rings. The van der Waals surface area contributed by atoms with E-state index in [4.69, 9.17) is 9.47 Å². The van der Waals surface area contributed by atoms with E-state index in [-0.39, 0.29) is 0 Å². The molecule has 1 saturated carbocycles. The number of nitrogens with zero attached hydrogens (tertiary/aromatic N) is 1. The van der Waals surface area contributed by atoms with Crippen LogP contribution in [0.3, 0.4) is 0 Å². The van der Waals surface area contributed by atoms with Gasteiger partial charge in [-0.2, -0.15) is 0 Å². The number of likely N-dealkylation sites (tertiary alicyclic amines) is 1. The predicted molar refractivity (Wildman–Crippen MR) is 80.6 cm³/mol. The molecule has 1 aromatic carbocycles. The summed E-state index contributed by atoms with van der Waals surface area (Å²) in [7, 11) is 3.37. The van der Waals surface area contributed by atoms with Crippen LogP contribution in [0.15, 0.2) is 18.2 Å². The molecule has 1 heterocycles. The lowest BCUT2D eigenvalue weighted by Gasteiger charge is -2.56. The van der Waals surface area contributed by atoms with Gasteiger partial charge in [0.25, 0.3) is 0 Å². The largest absolute Gasteiger partial charge is 0.493 e. The second-order valence-corrected chi connectivity index (χ2v) is 6.36. The van der Waals surface area contributed by atoms with Crippen LogP contribution in [0.25, 0.3) is 0 Å². The van der Waals surface area contributed by atoms with Crippen molar-refractivity contribution in [3.05, 3.63) is 23.8 Å². The summed E-state index contributed by atoms with van der Waals surface area (Å²) in [5.74, 6) is 1.65. The van der Waals surface area contributed by atoms with Gasteiger partial charge in [-0.15, -0.1) is 0 Å². The SMILES string of the molecule is COc1ccc(CCCN2CC3(CCC3)C2)cc1OC. The minimum atomic E-state index is 0.753. The summed E-state index contributed by atoms with van der Waals surface area (Å²) < 4.78 is 10.6. The van der Waals surface area contributed by atoms with E-state index in [1.54, 1.807) is 14.2 Å². The third-order valence-electron chi connectivity index (χ3n) is 4.92. The van der Waals surface area contributed by atoms with Gasteiger partial charge in [0.15, 0.2) is 11.5 Å². The lowest BCUT2D eigenvalue weighted by atomic mass is 9.63. The molecule has 0 radical (unpaired) electrons. The van der Waals surface area contributed by atoms with Crippen molar-refractivity contribution in [3.8, 4) is 11.5 Å². The Morgan fingerprint density at radius 1 is 1.10 bits per heavy atom. The lowest BCUT2D eigenvalue weighted by Crippen LogP contribution is -2.59. The van der Waals surface area contributed by atoms with Crippen LogP contribution in [-0.2, 0) is 6.42 Å². The first kappa shape index (κ1) is 13.7. The summed E-state index contributed by atoms with van der Waals surface area (Å²) in [5.41, 5.74) is 2.09. The molecule has 1 aromatic rings. The maximum absolute atomic E-state index is 5.35. The summed E-state index contributed by atoms with van der Waals surface area (Å²) in [6.45, 7) is 3.92. The summed E-state index contributed by atoms with van der Waals surface area (Å²) in [6, 6.07) is 6.24. The maximum atomic E-state index is 5.35. The smallest absolute Gasteiger partial charge is 0.160 e. The zero-order valence-corrected chi connectivity index (χ0v) is 12.7. The van der Waals surface area contributed by atoms with E-state index in [0.29, 0.717) is 0 Å². The summed E-state index contributed by atoms with van der Waals surface area (Å²) in [5, 5.41) is 0. The molecule has 1 aliphatic carbocycles. The number of hydrogen-bond donors (Lipinski definition) is 0. The molecule has 3 rings (SSSR count). The van der Waals surface area contributed by atoms with Gasteiger partial charge in [0.1, 0.15) is 0 Å². The van der Waals surface area contributed by atoms with E-state index in [0.717, 1.165) is 23.3 Å². The standard InChI is InChI=1S/C17H25NO2/c1-19-15-7-6-14(11-16(15)20-2)5-3-10-18-12-17(13-18)8-4-9-17/h6-7,11H,3-5,8-10,12-13H2,1-2H3. The molecule has 0 amide bonds. The van der Waals surface area contributed by atoms with Crippen molar-refractivity contribution in [2.24, 2.45) is 5.41 Å². The lowest BCUT2D eigenvalue weighted by molar-refractivity contribution is -0.0596. The molecule has 1 aliphatic heterocycles. The van der Waals surface area contributed by atoms with Crippen LogP contribution in [-0.4, -0.2) is 38.8 Å². The molecule has 1 saturated heterocycles. The Bertz CT molecular complexity index is 460. The highest BCUT2D eigenvalue weighted by molar-refractivity contribution is 5.42. The van der Waals surface area contributed by atoms with Crippen LogP contribution in [0.1, 0.15) is 31.2 Å². The average Bonchev–Trinajstić information content (AvgIpc) is 2.39. The fourth-order valence-corrected chi connectivity index (χ4v) is 3.60. The molecule has 20 heavy (non-hydrogen) atoms. The first-order chi connectivity index (χ1) is 9.74. The second-order valence-electron chi connectivity index (χ2n) is 6.36. The fraction of sp³-hybridized carbons (Fsp3) is 0.647. The van der Waals surface area contributed by atoms with Crippen molar-refractivity contribution >= 4 is 0 Å². The minimum absolute atomic E-state index is 0.753. The molecule has 3 heteroatoms. The van der Waals surface area contributed by atoms with Crippen molar-refractivity contribution in [1.29, 1.82) is 0 Å². The number of hydrogen-bond acceptors (Lipinski definition) is 3. The Kier molecular flexibility index (Phi) is 3.88. The van der Waals surface area contributed by atoms with Gasteiger partial charge in [-0.3, -0.25) is 0 Å². The Balaban J connectivity index is 1.44. The zero-order chi connectivity index (χ0) is 14.0. The van der Waals surface area contributed by atoms with E-state index in [2.05, 4.69) is 17.0 Å². The van der Waals surface area contributed by atoms with Crippen LogP contribution in [0.2, 0.25) is 0 Å². The van der Waals surface area contributed by atoms with Gasteiger partial charge in [0.05, 0.1) is 14.2 Å². The van der Waals surface area contributed by atoms with Gasteiger partial charge in [0.2, 0.25) is 0 Å². The van der Waals surface area contributed by atoms with Crippen molar-refractivity contribution in [2.75, 3.05) is 33.9 Å². The quantitative estimate of drug-likeness (QED) is 0.796. The maximum Gasteiger partial charge on any atom is 0.160 e. The summed E-state index contributed by atoms with van der Waals surface area (Å²) in [6.07, 6.45) is 6.74. The Morgan fingerprint density at radius 3 is 2.45 bits per heavy atom. The summed E-state index contributed by atoms with van der Waals surface area (Å²) in [4.78, 5) is 2.61. The number of ether oxygens (including phenoxy) is 2. The highest BCUT2D eigenvalue weighted by Gasteiger charge is 2.46. The summed E-state index contributed by atoms with van der Waals surface area (Å²) >= 11 is 0. The average molecular weight is 275 g/mol. The molecule has 2 aliphatic rings. The van der Waals surface area contributed by atoms with Crippen LogP contribution >= 0.6 is 0 Å². The number of aryl methyl sites for hydroxylation is 1. The molecule has 0 atom stereocenters. The van der Waals surface area contributed by atoms with Crippen molar-refractivity contribution in [2.45, 2.75) is 32.1 Å². The first-order valence-corrected chi connectivity index (χ1v) is 7.68. The minimum Gasteiger partial charge on any atom is -0.493 e. The molecule has 3 nitrogen and oxygen atoms in total. The van der Waals surface area contributed by atoms with Crippen LogP contribution in [0, 0.1) is 5.41 Å². The number of methoxy groups -OCH3 is 2. The highest BCUT2D eigenvalue weighted by Crippen LogP contribution is 2.47. The molecule has 0 bridgehead atoms. The van der Waals surface area contributed by atoms with Crippen molar-refractivity contribution in [1.82, 2.24) is 4.90 Å². The molecule has 0 N–H and O–H groups in total. The zero-order valence-electron chi connectivity index (χ0n) is 12.7. The topological polar surface area (TPSA) is 21.7 Å². The fourth-order valence-electron chi connectivity index (χ4n) is 3.60. The predicted octanol–water partition coefficient (Wildman–Crippen LogP) is 3.12. The second kappa shape index (κ2) is 5.65. The van der Waals surface area contributed by atoms with Crippen LogP contribution < -0.4 is 9.47 Å². The molecular formula is C17H25NO2. The molecule has 0 aromatic heterocycles. The molecule has 0 unspecified atom stereocenters. The van der Waals surface area contributed by atoms with Gasteiger partial charge < -0.3 is 14.4 Å². The van der Waals surface area contributed by atoms with E-state index in [1.807, 2.05) is 6.07 Å². The molecular weight excluding hydrogens is 250 g/mol. The molecule has 110 valence electrons. The van der Waals surface area contributed by atoms with E-state index >= 15 is 0 Å². The third-order valence-corrected chi connectivity index (χ3v) is 4.92. The molecule has 1 spiro atoms. The first-order valence-electron chi connectivity index (χ1n) is 7.68. The van der Waals surface area contributed by atoms with E-state index < -0.39 is 0 Å². The van der Waals surface area contributed by atoms with Crippen molar-refractivity contribution < 1.29 is 9.47 Å². The van der Waals surface area contributed by atoms with Gasteiger partial charge in [-0.05, 0) is 55.3 Å². The highest BCUT2D eigenvalue weighted by atomic mass is 16.5. The van der Waals surface area contributed by atoms with Crippen molar-refractivity contribution in [3.63, 3.8) is 0 Å². The van der Waals surface area contributed by atoms with Gasteiger partial charge >= 0.3 is 0 Å². The monoisotopic (exact) mass is 275 g/mol. The van der Waals surface area contributed by atoms with Gasteiger partial charge in [-0.1, -0.05) is 12.5 Å². The Labute approximate surface area is 121 Å². The Morgan fingerprint density at radius 2 is 1.85 bits per heavy atom. The van der Waals surface area contributed by atoms with E-state index in [9.17, 15) is 0 Å². The third kappa shape index (κ3) is 2.64. The van der Waals surface area contributed by atoms with E-state index in [1.165, 1.54) is 50.9 Å². The van der Waals surface area contributed by atoms with Crippen LogP contribution in [0.4, 0.5) is 0 Å². The number of rotatable bonds is 6. The Hall–Kier alpha value is -1.22.